The summed E-state index contributed by atoms with van der Waals surface area (Å²) < 4.78 is 34.4. The highest BCUT2D eigenvalue weighted by atomic mass is 19.1. The standard InChI is InChI=1S/C19H22F2N2O/c1-2-17(23-13-10-12(22)11-13)15-8-9-16(20)19(18(15)21)24-14-6-4-3-5-7-14/h3-9,12-13,17,23H,2,10-11,22H2,1H3. The van der Waals surface area contributed by atoms with Crippen LogP contribution in [0.4, 0.5) is 8.78 Å². The number of hydrogen-bond acceptors (Lipinski definition) is 3. The van der Waals surface area contributed by atoms with Crippen molar-refractivity contribution in [2.45, 2.75) is 44.3 Å². The van der Waals surface area contributed by atoms with Crippen LogP contribution in [0.5, 0.6) is 11.5 Å². The monoisotopic (exact) mass is 332 g/mol. The van der Waals surface area contributed by atoms with Crippen molar-refractivity contribution in [3.05, 3.63) is 59.7 Å². The molecular weight excluding hydrogens is 310 g/mol. The van der Waals surface area contributed by atoms with Gasteiger partial charge in [-0.1, -0.05) is 31.2 Å². The second-order valence-corrected chi connectivity index (χ2v) is 6.25. The Morgan fingerprint density at radius 1 is 1.17 bits per heavy atom. The van der Waals surface area contributed by atoms with Gasteiger partial charge in [0.25, 0.3) is 0 Å². The molecule has 1 atom stereocenters. The summed E-state index contributed by atoms with van der Waals surface area (Å²) in [7, 11) is 0. The minimum Gasteiger partial charge on any atom is -0.451 e. The Kier molecular flexibility index (Phi) is 5.11. The van der Waals surface area contributed by atoms with Crippen molar-refractivity contribution in [3.8, 4) is 11.5 Å². The molecule has 2 aromatic rings. The summed E-state index contributed by atoms with van der Waals surface area (Å²) in [6.45, 7) is 1.97. The summed E-state index contributed by atoms with van der Waals surface area (Å²) in [5.41, 5.74) is 6.22. The zero-order valence-electron chi connectivity index (χ0n) is 13.6. The minimum absolute atomic E-state index is 0.193. The molecule has 3 nitrogen and oxygen atoms in total. The maximum atomic E-state index is 14.9. The number of halogens is 2. The second kappa shape index (κ2) is 7.28. The Bertz CT molecular complexity index is 687. The van der Waals surface area contributed by atoms with Crippen molar-refractivity contribution in [1.29, 1.82) is 0 Å². The van der Waals surface area contributed by atoms with Crippen LogP contribution in [0.1, 0.15) is 37.8 Å². The van der Waals surface area contributed by atoms with Crippen LogP contribution in [0, 0.1) is 11.6 Å². The summed E-state index contributed by atoms with van der Waals surface area (Å²) in [5.74, 6) is -1.31. The smallest absolute Gasteiger partial charge is 0.198 e. The molecule has 1 aliphatic rings. The quantitative estimate of drug-likeness (QED) is 0.830. The van der Waals surface area contributed by atoms with Gasteiger partial charge in [-0.15, -0.1) is 0 Å². The van der Waals surface area contributed by atoms with Crippen LogP contribution in [0.2, 0.25) is 0 Å². The fraction of sp³-hybridized carbons (Fsp3) is 0.368. The number of nitrogens with one attached hydrogen (secondary N) is 1. The summed E-state index contributed by atoms with van der Waals surface area (Å²) in [6, 6.07) is 11.7. The SMILES string of the molecule is CCC(NC1CC(N)C1)c1ccc(F)c(Oc2ccccc2)c1F. The molecule has 0 bridgehead atoms. The van der Waals surface area contributed by atoms with Gasteiger partial charge in [-0.3, -0.25) is 0 Å². The van der Waals surface area contributed by atoms with E-state index in [0.29, 0.717) is 17.7 Å². The number of ether oxygens (including phenoxy) is 1. The zero-order valence-corrected chi connectivity index (χ0v) is 13.6. The molecule has 1 unspecified atom stereocenters. The third-order valence-corrected chi connectivity index (χ3v) is 4.44. The molecular formula is C19H22F2N2O. The average Bonchev–Trinajstić information content (AvgIpc) is 2.56. The van der Waals surface area contributed by atoms with E-state index in [2.05, 4.69) is 5.32 Å². The number of para-hydroxylation sites is 1. The molecule has 24 heavy (non-hydrogen) atoms. The molecule has 2 aromatic carbocycles. The van der Waals surface area contributed by atoms with Gasteiger partial charge in [-0.2, -0.15) is 0 Å². The van der Waals surface area contributed by atoms with E-state index < -0.39 is 11.6 Å². The largest absolute Gasteiger partial charge is 0.451 e. The average molecular weight is 332 g/mol. The molecule has 0 heterocycles. The van der Waals surface area contributed by atoms with Gasteiger partial charge in [0, 0.05) is 23.7 Å². The van der Waals surface area contributed by atoms with Gasteiger partial charge in [0.2, 0.25) is 0 Å². The molecule has 0 saturated heterocycles. The first-order valence-electron chi connectivity index (χ1n) is 8.31. The molecule has 0 radical (unpaired) electrons. The van der Waals surface area contributed by atoms with E-state index in [9.17, 15) is 8.78 Å². The molecule has 0 amide bonds. The van der Waals surface area contributed by atoms with E-state index in [1.165, 1.54) is 12.1 Å². The minimum atomic E-state index is -0.708. The van der Waals surface area contributed by atoms with Crippen LogP contribution in [0.3, 0.4) is 0 Å². The number of nitrogens with two attached hydrogens (primary N) is 1. The van der Waals surface area contributed by atoms with E-state index in [1.807, 2.05) is 13.0 Å². The van der Waals surface area contributed by atoms with Crippen LogP contribution >= 0.6 is 0 Å². The van der Waals surface area contributed by atoms with E-state index in [0.717, 1.165) is 12.8 Å². The maximum absolute atomic E-state index is 14.9. The Morgan fingerprint density at radius 3 is 2.50 bits per heavy atom. The lowest BCUT2D eigenvalue weighted by Crippen LogP contribution is -2.49. The highest BCUT2D eigenvalue weighted by molar-refractivity contribution is 5.38. The van der Waals surface area contributed by atoms with Crippen molar-refractivity contribution >= 4 is 0 Å². The van der Waals surface area contributed by atoms with Crippen molar-refractivity contribution in [2.24, 2.45) is 5.73 Å². The Morgan fingerprint density at radius 2 is 1.88 bits per heavy atom. The van der Waals surface area contributed by atoms with Crippen LogP contribution in [-0.4, -0.2) is 12.1 Å². The van der Waals surface area contributed by atoms with Crippen molar-refractivity contribution < 1.29 is 13.5 Å². The molecule has 1 saturated carbocycles. The van der Waals surface area contributed by atoms with Crippen LogP contribution < -0.4 is 15.8 Å². The van der Waals surface area contributed by atoms with E-state index in [4.69, 9.17) is 10.5 Å². The summed E-state index contributed by atoms with van der Waals surface area (Å²) in [6.07, 6.45) is 2.46. The zero-order chi connectivity index (χ0) is 17.1. The van der Waals surface area contributed by atoms with Gasteiger partial charge in [0.05, 0.1) is 0 Å². The highest BCUT2D eigenvalue weighted by Crippen LogP contribution is 2.34. The van der Waals surface area contributed by atoms with Gasteiger partial charge in [-0.25, -0.2) is 8.78 Å². The van der Waals surface area contributed by atoms with Crippen molar-refractivity contribution in [1.82, 2.24) is 5.32 Å². The molecule has 0 aliphatic heterocycles. The Labute approximate surface area is 140 Å². The van der Waals surface area contributed by atoms with E-state index in [-0.39, 0.29) is 23.9 Å². The molecule has 3 rings (SSSR count). The molecule has 1 aliphatic carbocycles. The summed E-state index contributed by atoms with van der Waals surface area (Å²) in [4.78, 5) is 0. The summed E-state index contributed by atoms with van der Waals surface area (Å²) in [5, 5.41) is 3.40. The second-order valence-electron chi connectivity index (χ2n) is 6.25. The topological polar surface area (TPSA) is 47.3 Å². The first-order valence-corrected chi connectivity index (χ1v) is 8.31. The number of hydrogen-bond donors (Lipinski definition) is 2. The predicted molar refractivity (Wildman–Crippen MR) is 90.0 cm³/mol. The molecule has 0 spiro atoms. The lowest BCUT2D eigenvalue weighted by atomic mass is 9.86. The van der Waals surface area contributed by atoms with Gasteiger partial charge in [-0.05, 0) is 37.5 Å². The Balaban J connectivity index is 1.84. The van der Waals surface area contributed by atoms with E-state index >= 15 is 0 Å². The van der Waals surface area contributed by atoms with Gasteiger partial charge >= 0.3 is 0 Å². The first-order chi connectivity index (χ1) is 11.6. The molecule has 0 aromatic heterocycles. The number of benzene rings is 2. The summed E-state index contributed by atoms with van der Waals surface area (Å²) >= 11 is 0. The molecule has 1 fully saturated rings. The Hall–Kier alpha value is -1.98. The van der Waals surface area contributed by atoms with Crippen molar-refractivity contribution in [3.63, 3.8) is 0 Å². The normalized spacial score (nSPS) is 21.2. The lowest BCUT2D eigenvalue weighted by molar-refractivity contribution is 0.261. The van der Waals surface area contributed by atoms with Crippen LogP contribution in [0.25, 0.3) is 0 Å². The van der Waals surface area contributed by atoms with E-state index in [1.54, 1.807) is 24.3 Å². The van der Waals surface area contributed by atoms with Crippen molar-refractivity contribution in [2.75, 3.05) is 0 Å². The fourth-order valence-electron chi connectivity index (χ4n) is 3.03. The number of rotatable bonds is 6. The predicted octanol–water partition coefficient (Wildman–Crippen LogP) is 4.29. The van der Waals surface area contributed by atoms with Gasteiger partial charge in [0.15, 0.2) is 17.4 Å². The third-order valence-electron chi connectivity index (χ3n) is 4.44. The third kappa shape index (κ3) is 3.57. The first kappa shape index (κ1) is 16.9. The van der Waals surface area contributed by atoms with Crippen LogP contribution in [-0.2, 0) is 0 Å². The van der Waals surface area contributed by atoms with Gasteiger partial charge in [0.1, 0.15) is 5.75 Å². The lowest BCUT2D eigenvalue weighted by Gasteiger charge is -2.36. The molecule has 3 N–H and O–H groups in total. The van der Waals surface area contributed by atoms with Gasteiger partial charge < -0.3 is 15.8 Å². The molecule has 128 valence electrons. The maximum Gasteiger partial charge on any atom is 0.198 e. The fourth-order valence-corrected chi connectivity index (χ4v) is 3.03. The highest BCUT2D eigenvalue weighted by Gasteiger charge is 2.29. The van der Waals surface area contributed by atoms with Crippen LogP contribution in [0.15, 0.2) is 42.5 Å². The molecule has 5 heteroatoms.